The molecule has 1 heterocycles. The number of para-hydroxylation sites is 1. The lowest BCUT2D eigenvalue weighted by molar-refractivity contribution is -0.132. The summed E-state index contributed by atoms with van der Waals surface area (Å²) in [6, 6.07) is 17.1. The molecule has 2 unspecified atom stereocenters. The average molecular weight is 368 g/mol. The second kappa shape index (κ2) is 9.16. The Morgan fingerprint density at radius 2 is 1.81 bits per heavy atom. The third-order valence-corrected chi connectivity index (χ3v) is 4.51. The zero-order valence-corrected chi connectivity index (χ0v) is 15.2. The minimum Gasteiger partial charge on any atom is -0.483 e. The summed E-state index contributed by atoms with van der Waals surface area (Å²) in [4.78, 5) is 24.5. The topological polar surface area (TPSA) is 91.5 Å². The van der Waals surface area contributed by atoms with E-state index < -0.39 is 5.91 Å². The van der Waals surface area contributed by atoms with E-state index >= 15 is 0 Å². The Hall–Kier alpha value is -2.90. The zero-order chi connectivity index (χ0) is 19.1. The van der Waals surface area contributed by atoms with Crippen molar-refractivity contribution in [1.82, 2.24) is 21.7 Å². The number of amides is 2. The average Bonchev–Trinajstić information content (AvgIpc) is 3.21. The quantitative estimate of drug-likeness (QED) is 0.576. The van der Waals surface area contributed by atoms with E-state index in [0.29, 0.717) is 12.3 Å². The number of benzene rings is 2. The number of carbonyl (C=O) groups excluding carboxylic acids is 2. The Labute approximate surface area is 158 Å². The van der Waals surface area contributed by atoms with Crippen LogP contribution in [0.2, 0.25) is 0 Å². The molecule has 0 aromatic heterocycles. The summed E-state index contributed by atoms with van der Waals surface area (Å²) < 4.78 is 5.55. The van der Waals surface area contributed by atoms with Gasteiger partial charge in [0.2, 0.25) is 5.91 Å². The molecule has 2 aromatic rings. The van der Waals surface area contributed by atoms with E-state index in [1.165, 1.54) is 0 Å². The summed E-state index contributed by atoms with van der Waals surface area (Å²) in [6.45, 7) is 2.33. The van der Waals surface area contributed by atoms with Gasteiger partial charge in [0.05, 0.1) is 12.0 Å². The fraction of sp³-hybridized carbons (Fsp3) is 0.300. The largest absolute Gasteiger partial charge is 0.483 e. The van der Waals surface area contributed by atoms with Gasteiger partial charge >= 0.3 is 0 Å². The molecular weight excluding hydrogens is 344 g/mol. The smallest absolute Gasteiger partial charge is 0.276 e. The van der Waals surface area contributed by atoms with E-state index in [4.69, 9.17) is 4.74 Å². The molecule has 0 radical (unpaired) electrons. The second-order valence-corrected chi connectivity index (χ2v) is 6.31. The van der Waals surface area contributed by atoms with Crippen molar-refractivity contribution in [3.05, 3.63) is 65.7 Å². The molecule has 4 N–H and O–H groups in total. The molecule has 1 aliphatic heterocycles. The molecule has 0 aliphatic carbocycles. The van der Waals surface area contributed by atoms with Gasteiger partial charge in [-0.3, -0.25) is 25.9 Å². The second-order valence-electron chi connectivity index (χ2n) is 6.31. The van der Waals surface area contributed by atoms with Crippen LogP contribution in [0.3, 0.4) is 0 Å². The van der Waals surface area contributed by atoms with Crippen LogP contribution in [0.25, 0.3) is 0 Å². The van der Waals surface area contributed by atoms with Crippen molar-refractivity contribution < 1.29 is 14.3 Å². The predicted octanol–water partition coefficient (Wildman–Crippen LogP) is 1.24. The van der Waals surface area contributed by atoms with Crippen LogP contribution in [0.4, 0.5) is 0 Å². The van der Waals surface area contributed by atoms with E-state index in [1.807, 2.05) is 61.5 Å². The Bertz CT molecular complexity index is 782. The Kier molecular flexibility index (Phi) is 6.40. The highest BCUT2D eigenvalue weighted by Crippen LogP contribution is 2.24. The highest BCUT2D eigenvalue weighted by molar-refractivity contribution is 5.84. The van der Waals surface area contributed by atoms with Crippen molar-refractivity contribution in [2.75, 3.05) is 13.2 Å². The molecule has 142 valence electrons. The van der Waals surface area contributed by atoms with Crippen LogP contribution in [0.5, 0.6) is 5.75 Å². The van der Waals surface area contributed by atoms with Gasteiger partial charge in [0.1, 0.15) is 5.75 Å². The number of rotatable bonds is 6. The highest BCUT2D eigenvalue weighted by Gasteiger charge is 2.34. The molecule has 1 saturated heterocycles. The van der Waals surface area contributed by atoms with E-state index in [0.717, 1.165) is 17.5 Å². The number of carbonyl (C=O) groups is 2. The normalized spacial score (nSPS) is 18.7. The number of hydrogen-bond donors (Lipinski definition) is 4. The van der Waals surface area contributed by atoms with Crippen molar-refractivity contribution in [2.24, 2.45) is 5.92 Å². The minimum absolute atomic E-state index is 0.157. The van der Waals surface area contributed by atoms with E-state index in [2.05, 4.69) is 21.7 Å². The first-order valence-corrected chi connectivity index (χ1v) is 9.01. The van der Waals surface area contributed by atoms with E-state index in [1.54, 1.807) is 0 Å². The Morgan fingerprint density at radius 3 is 2.59 bits per heavy atom. The molecule has 0 saturated carbocycles. The number of hydrazine groups is 2. The van der Waals surface area contributed by atoms with Gasteiger partial charge in [0, 0.05) is 6.54 Å². The standard InChI is InChI=1S/C20H24N4O3/c1-2-14-8-6-7-11-17(14)27-13-18(25)22-24-20(26)16-12-21-23-19(16)15-9-4-3-5-10-15/h3-11,16,19,21,23H,2,12-13H2,1H3,(H,22,25)(H,24,26). The summed E-state index contributed by atoms with van der Waals surface area (Å²) in [5, 5.41) is 0. The molecule has 7 nitrogen and oxygen atoms in total. The monoisotopic (exact) mass is 368 g/mol. The summed E-state index contributed by atoms with van der Waals surface area (Å²) >= 11 is 0. The fourth-order valence-corrected chi connectivity index (χ4v) is 3.06. The summed E-state index contributed by atoms with van der Waals surface area (Å²) in [5.41, 5.74) is 13.1. The first-order chi connectivity index (χ1) is 13.2. The van der Waals surface area contributed by atoms with Crippen LogP contribution in [-0.4, -0.2) is 25.0 Å². The lowest BCUT2D eigenvalue weighted by Gasteiger charge is -2.18. The fourth-order valence-electron chi connectivity index (χ4n) is 3.06. The van der Waals surface area contributed by atoms with Gasteiger partial charge in [-0.05, 0) is 23.6 Å². The lowest BCUT2D eigenvalue weighted by atomic mass is 9.94. The van der Waals surface area contributed by atoms with Crippen molar-refractivity contribution >= 4 is 11.8 Å². The number of aryl methyl sites for hydroxylation is 1. The Morgan fingerprint density at radius 1 is 1.07 bits per heavy atom. The van der Waals surface area contributed by atoms with Gasteiger partial charge in [0.25, 0.3) is 5.91 Å². The number of hydrogen-bond acceptors (Lipinski definition) is 5. The molecule has 2 atom stereocenters. The van der Waals surface area contributed by atoms with Crippen molar-refractivity contribution in [2.45, 2.75) is 19.4 Å². The zero-order valence-electron chi connectivity index (χ0n) is 15.2. The van der Waals surface area contributed by atoms with Gasteiger partial charge in [-0.1, -0.05) is 55.5 Å². The maximum atomic E-state index is 12.5. The van der Waals surface area contributed by atoms with Crippen molar-refractivity contribution in [1.29, 1.82) is 0 Å². The molecular formula is C20H24N4O3. The first-order valence-electron chi connectivity index (χ1n) is 9.01. The summed E-state index contributed by atoms with van der Waals surface area (Å²) in [7, 11) is 0. The maximum absolute atomic E-state index is 12.5. The van der Waals surface area contributed by atoms with Crippen LogP contribution < -0.4 is 26.4 Å². The molecule has 1 aliphatic rings. The third-order valence-electron chi connectivity index (χ3n) is 4.51. The molecule has 2 aromatic carbocycles. The van der Waals surface area contributed by atoms with Crippen LogP contribution in [0.15, 0.2) is 54.6 Å². The third kappa shape index (κ3) is 4.84. The van der Waals surface area contributed by atoms with Gasteiger partial charge in [-0.15, -0.1) is 0 Å². The van der Waals surface area contributed by atoms with Crippen molar-refractivity contribution in [3.63, 3.8) is 0 Å². The molecule has 27 heavy (non-hydrogen) atoms. The minimum atomic E-state index is -0.413. The number of nitrogens with one attached hydrogen (secondary N) is 4. The highest BCUT2D eigenvalue weighted by atomic mass is 16.5. The van der Waals surface area contributed by atoms with Gasteiger partial charge in [-0.25, -0.2) is 5.43 Å². The van der Waals surface area contributed by atoms with Crippen LogP contribution in [-0.2, 0) is 16.0 Å². The van der Waals surface area contributed by atoms with Crippen molar-refractivity contribution in [3.8, 4) is 5.75 Å². The molecule has 1 fully saturated rings. The van der Waals surface area contributed by atoms with Crippen LogP contribution in [0, 0.1) is 5.92 Å². The molecule has 3 rings (SSSR count). The molecule has 7 heteroatoms. The van der Waals surface area contributed by atoms with Gasteiger partial charge in [-0.2, -0.15) is 0 Å². The van der Waals surface area contributed by atoms with Crippen LogP contribution >= 0.6 is 0 Å². The van der Waals surface area contributed by atoms with Crippen LogP contribution in [0.1, 0.15) is 24.1 Å². The molecule has 0 spiro atoms. The molecule has 2 amide bonds. The summed E-state index contributed by atoms with van der Waals surface area (Å²) in [6.07, 6.45) is 0.817. The lowest BCUT2D eigenvalue weighted by Crippen LogP contribution is -2.47. The number of ether oxygens (including phenoxy) is 1. The van der Waals surface area contributed by atoms with Gasteiger partial charge < -0.3 is 4.74 Å². The van der Waals surface area contributed by atoms with E-state index in [-0.39, 0.29) is 24.5 Å². The summed E-state index contributed by atoms with van der Waals surface area (Å²) in [5.74, 6) is -0.336. The molecule has 0 bridgehead atoms. The maximum Gasteiger partial charge on any atom is 0.276 e. The SMILES string of the molecule is CCc1ccccc1OCC(=O)NNC(=O)C1CNNC1c1ccccc1. The first kappa shape index (κ1) is 18.9. The predicted molar refractivity (Wildman–Crippen MR) is 101 cm³/mol. The van der Waals surface area contributed by atoms with Gasteiger partial charge in [0.15, 0.2) is 6.61 Å². The Balaban J connectivity index is 1.49. The van der Waals surface area contributed by atoms with E-state index in [9.17, 15) is 9.59 Å².